The molecule has 2 rings (SSSR count). The third-order valence-corrected chi connectivity index (χ3v) is 4.08. The summed E-state index contributed by atoms with van der Waals surface area (Å²) in [5, 5.41) is 5.74. The molecule has 3 N–H and O–H groups in total. The first-order valence-corrected chi connectivity index (χ1v) is 8.43. The van der Waals surface area contributed by atoms with Gasteiger partial charge in [0.2, 0.25) is 0 Å². The second kappa shape index (κ2) is 9.94. The van der Waals surface area contributed by atoms with Crippen LogP contribution in [0.5, 0.6) is 0 Å². The van der Waals surface area contributed by atoms with E-state index < -0.39 is 0 Å². The first-order valence-electron chi connectivity index (χ1n) is 7.27. The molecule has 0 bridgehead atoms. The van der Waals surface area contributed by atoms with Crippen LogP contribution in [0.3, 0.4) is 0 Å². The van der Waals surface area contributed by atoms with Gasteiger partial charge < -0.3 is 11.1 Å². The summed E-state index contributed by atoms with van der Waals surface area (Å²) in [6, 6.07) is 15.3. The van der Waals surface area contributed by atoms with Gasteiger partial charge in [-0.1, -0.05) is 42.5 Å². The van der Waals surface area contributed by atoms with Gasteiger partial charge in [0.25, 0.3) is 0 Å². The molecule has 22 heavy (non-hydrogen) atoms. The Bertz CT molecular complexity index is 608. The average Bonchev–Trinajstić information content (AvgIpc) is 2.46. The maximum atomic E-state index is 5.77. The van der Waals surface area contributed by atoms with Crippen molar-refractivity contribution in [1.82, 2.24) is 5.32 Å². The molecule has 2 aromatic rings. The lowest BCUT2D eigenvalue weighted by atomic mass is 10.1. The normalized spacial score (nSPS) is 11.5. The van der Waals surface area contributed by atoms with E-state index in [1.807, 2.05) is 11.8 Å². The van der Waals surface area contributed by atoms with E-state index in [2.05, 4.69) is 66.6 Å². The van der Waals surface area contributed by atoms with E-state index in [0.29, 0.717) is 12.0 Å². The van der Waals surface area contributed by atoms with Crippen molar-refractivity contribution in [1.29, 1.82) is 0 Å². The molecule has 120 valence electrons. The van der Waals surface area contributed by atoms with Crippen molar-refractivity contribution >= 4 is 52.5 Å². The number of hydrogen-bond donors (Lipinski definition) is 2. The van der Waals surface area contributed by atoms with Crippen LogP contribution in [-0.2, 0) is 5.75 Å². The van der Waals surface area contributed by atoms with Crippen LogP contribution in [0.15, 0.2) is 47.5 Å². The number of guanidine groups is 1. The van der Waals surface area contributed by atoms with Gasteiger partial charge in [-0.15, -0.1) is 24.0 Å². The van der Waals surface area contributed by atoms with Crippen LogP contribution in [-0.4, -0.2) is 24.3 Å². The Morgan fingerprint density at radius 2 is 1.91 bits per heavy atom. The molecule has 0 fully saturated rings. The molecule has 0 saturated carbocycles. The first-order chi connectivity index (χ1) is 10.2. The highest BCUT2D eigenvalue weighted by Gasteiger charge is 2.00. The van der Waals surface area contributed by atoms with Crippen molar-refractivity contribution in [3.05, 3.63) is 48.0 Å². The van der Waals surface area contributed by atoms with Crippen molar-refractivity contribution in [3.63, 3.8) is 0 Å². The summed E-state index contributed by atoms with van der Waals surface area (Å²) in [7, 11) is 0. The SMILES string of the molecule is CC(C)NC(N)=NCCSCc1cccc2ccccc12.I. The van der Waals surface area contributed by atoms with E-state index in [1.165, 1.54) is 16.3 Å². The maximum Gasteiger partial charge on any atom is 0.188 e. The van der Waals surface area contributed by atoms with Crippen molar-refractivity contribution in [2.75, 3.05) is 12.3 Å². The molecule has 0 unspecified atom stereocenters. The average molecular weight is 429 g/mol. The third kappa shape index (κ3) is 6.04. The second-order valence-electron chi connectivity index (χ2n) is 5.26. The summed E-state index contributed by atoms with van der Waals surface area (Å²) in [5.41, 5.74) is 7.16. The monoisotopic (exact) mass is 429 g/mol. The zero-order chi connectivity index (χ0) is 15.1. The van der Waals surface area contributed by atoms with Crippen LogP contribution in [0.2, 0.25) is 0 Å². The molecule has 5 heteroatoms. The minimum absolute atomic E-state index is 0. The molecule has 3 nitrogen and oxygen atoms in total. The molecular formula is C17H24IN3S. The number of nitrogens with one attached hydrogen (secondary N) is 1. The van der Waals surface area contributed by atoms with Crippen molar-refractivity contribution in [3.8, 4) is 0 Å². The van der Waals surface area contributed by atoms with Crippen LogP contribution >= 0.6 is 35.7 Å². The van der Waals surface area contributed by atoms with Crippen molar-refractivity contribution < 1.29 is 0 Å². The molecule has 0 aliphatic carbocycles. The van der Waals surface area contributed by atoms with Gasteiger partial charge in [-0.2, -0.15) is 11.8 Å². The number of aliphatic imine (C=N–C) groups is 1. The Kier molecular flexibility index (Phi) is 8.63. The minimum Gasteiger partial charge on any atom is -0.370 e. The summed E-state index contributed by atoms with van der Waals surface area (Å²) >= 11 is 1.89. The highest BCUT2D eigenvalue weighted by Crippen LogP contribution is 2.22. The Labute approximate surface area is 154 Å². The number of thioether (sulfide) groups is 1. The minimum atomic E-state index is 0. The van der Waals surface area contributed by atoms with Gasteiger partial charge in [-0.05, 0) is 30.2 Å². The Hall–Kier alpha value is -0.950. The van der Waals surface area contributed by atoms with E-state index in [0.717, 1.165) is 18.1 Å². The molecule has 0 aromatic heterocycles. The van der Waals surface area contributed by atoms with Gasteiger partial charge in [-0.25, -0.2) is 0 Å². The lowest BCUT2D eigenvalue weighted by Crippen LogP contribution is -2.36. The van der Waals surface area contributed by atoms with Crippen molar-refractivity contribution in [2.45, 2.75) is 25.6 Å². The highest BCUT2D eigenvalue weighted by molar-refractivity contribution is 14.0. The van der Waals surface area contributed by atoms with E-state index in [-0.39, 0.29) is 24.0 Å². The van der Waals surface area contributed by atoms with Gasteiger partial charge in [0.15, 0.2) is 5.96 Å². The number of benzene rings is 2. The number of rotatable bonds is 6. The zero-order valence-electron chi connectivity index (χ0n) is 13.1. The third-order valence-electron chi connectivity index (χ3n) is 3.09. The van der Waals surface area contributed by atoms with Gasteiger partial charge in [0.05, 0.1) is 6.54 Å². The van der Waals surface area contributed by atoms with E-state index in [9.17, 15) is 0 Å². The summed E-state index contributed by atoms with van der Waals surface area (Å²) < 4.78 is 0. The largest absolute Gasteiger partial charge is 0.370 e. The Morgan fingerprint density at radius 1 is 1.18 bits per heavy atom. The summed E-state index contributed by atoms with van der Waals surface area (Å²) in [6.07, 6.45) is 0. The van der Waals surface area contributed by atoms with Crippen LogP contribution < -0.4 is 11.1 Å². The smallest absolute Gasteiger partial charge is 0.188 e. The fourth-order valence-corrected chi connectivity index (χ4v) is 3.01. The summed E-state index contributed by atoms with van der Waals surface area (Å²) in [6.45, 7) is 4.86. The predicted octanol–water partition coefficient (Wildman–Crippen LogP) is 4.00. The molecule has 0 aliphatic heterocycles. The van der Waals surface area contributed by atoms with Crippen molar-refractivity contribution in [2.24, 2.45) is 10.7 Å². The fraction of sp³-hybridized carbons (Fsp3) is 0.353. The molecule has 0 spiro atoms. The predicted molar refractivity (Wildman–Crippen MR) is 110 cm³/mol. The molecule has 0 heterocycles. The topological polar surface area (TPSA) is 50.4 Å². The number of nitrogens with zero attached hydrogens (tertiary/aromatic N) is 1. The molecule has 0 saturated heterocycles. The molecule has 0 radical (unpaired) electrons. The lowest BCUT2D eigenvalue weighted by molar-refractivity contribution is 0.725. The summed E-state index contributed by atoms with van der Waals surface area (Å²) in [5.74, 6) is 2.52. The Balaban J connectivity index is 0.00000242. The fourth-order valence-electron chi connectivity index (χ4n) is 2.17. The van der Waals surface area contributed by atoms with Crippen LogP contribution in [0.4, 0.5) is 0 Å². The maximum absolute atomic E-state index is 5.77. The zero-order valence-corrected chi connectivity index (χ0v) is 16.2. The van der Waals surface area contributed by atoms with E-state index in [4.69, 9.17) is 5.73 Å². The summed E-state index contributed by atoms with van der Waals surface area (Å²) in [4.78, 5) is 4.32. The lowest BCUT2D eigenvalue weighted by Gasteiger charge is -2.08. The number of hydrogen-bond acceptors (Lipinski definition) is 2. The molecular weight excluding hydrogens is 405 g/mol. The number of nitrogens with two attached hydrogens (primary N) is 1. The van der Waals surface area contributed by atoms with Gasteiger partial charge in [-0.3, -0.25) is 4.99 Å². The number of fused-ring (bicyclic) bond motifs is 1. The van der Waals surface area contributed by atoms with Crippen LogP contribution in [0.1, 0.15) is 19.4 Å². The highest BCUT2D eigenvalue weighted by atomic mass is 127. The molecule has 0 aliphatic rings. The first kappa shape index (κ1) is 19.1. The van der Waals surface area contributed by atoms with Gasteiger partial charge in [0.1, 0.15) is 0 Å². The second-order valence-corrected chi connectivity index (χ2v) is 6.36. The van der Waals surface area contributed by atoms with Gasteiger partial charge >= 0.3 is 0 Å². The van der Waals surface area contributed by atoms with Crippen LogP contribution in [0.25, 0.3) is 10.8 Å². The van der Waals surface area contributed by atoms with Crippen LogP contribution in [0, 0.1) is 0 Å². The van der Waals surface area contributed by atoms with E-state index >= 15 is 0 Å². The molecule has 0 atom stereocenters. The molecule has 0 amide bonds. The van der Waals surface area contributed by atoms with E-state index in [1.54, 1.807) is 0 Å². The quantitative estimate of drug-likeness (QED) is 0.316. The standard InChI is InChI=1S/C17H23N3S.HI/c1-13(2)20-17(18)19-10-11-21-12-15-8-5-7-14-6-3-4-9-16(14)15;/h3-9,13H,10-12H2,1-2H3,(H3,18,19,20);1H. The Morgan fingerprint density at radius 3 is 2.68 bits per heavy atom. The molecule has 2 aromatic carbocycles. The number of halogens is 1. The van der Waals surface area contributed by atoms with Gasteiger partial charge in [0, 0.05) is 17.5 Å².